The molecule has 0 unspecified atom stereocenters. The van der Waals surface area contributed by atoms with E-state index in [1.54, 1.807) is 18.2 Å². The molecule has 0 bridgehead atoms. The molecular weight excluding hydrogens is 220 g/mol. The molecule has 4 heteroatoms. The van der Waals surface area contributed by atoms with Gasteiger partial charge in [0.1, 0.15) is 17.1 Å². The lowest BCUT2D eigenvalue weighted by atomic mass is 10.1. The van der Waals surface area contributed by atoms with E-state index in [1.165, 1.54) is 24.3 Å². The Hall–Kier alpha value is -2.49. The van der Waals surface area contributed by atoms with E-state index in [-0.39, 0.29) is 17.1 Å². The summed E-state index contributed by atoms with van der Waals surface area (Å²) in [7, 11) is 0. The van der Waals surface area contributed by atoms with Crippen molar-refractivity contribution in [2.75, 3.05) is 0 Å². The van der Waals surface area contributed by atoms with Crippen LogP contribution in [0.15, 0.2) is 45.8 Å². The minimum atomic E-state index is -0.628. The van der Waals surface area contributed by atoms with Crippen molar-refractivity contribution in [3.63, 3.8) is 0 Å². The lowest BCUT2D eigenvalue weighted by Crippen LogP contribution is -2.01. The monoisotopic (exact) mass is 230 g/mol. The van der Waals surface area contributed by atoms with E-state index in [2.05, 4.69) is 4.42 Å². The highest BCUT2D eigenvalue weighted by molar-refractivity contribution is 5.73. The fourth-order valence-electron chi connectivity index (χ4n) is 1.37. The van der Waals surface area contributed by atoms with Gasteiger partial charge in [-0.3, -0.25) is 0 Å². The van der Waals surface area contributed by atoms with Crippen LogP contribution >= 0.6 is 0 Å². The number of hydrogen-bond donors (Lipinski definition) is 2. The molecule has 17 heavy (non-hydrogen) atoms. The van der Waals surface area contributed by atoms with Crippen molar-refractivity contribution in [3.05, 3.63) is 58.1 Å². The van der Waals surface area contributed by atoms with Gasteiger partial charge in [0, 0.05) is 11.6 Å². The number of hydrogen-bond acceptors (Lipinski definition) is 4. The Morgan fingerprint density at radius 1 is 1.00 bits per heavy atom. The maximum absolute atomic E-state index is 11.3. The van der Waals surface area contributed by atoms with E-state index in [0.29, 0.717) is 5.56 Å². The van der Waals surface area contributed by atoms with Gasteiger partial charge in [0.2, 0.25) is 0 Å². The SMILES string of the molecule is O=c1occc(O)c1/C=C/c1ccccc1O. The van der Waals surface area contributed by atoms with Gasteiger partial charge < -0.3 is 14.6 Å². The standard InChI is InChI=1S/C13H10O4/c14-11-4-2-1-3-9(11)5-6-10-12(15)7-8-17-13(10)16/h1-8,14-15H/b6-5+. The van der Waals surface area contributed by atoms with Gasteiger partial charge in [0.05, 0.1) is 6.26 Å². The largest absolute Gasteiger partial charge is 0.507 e. The fraction of sp³-hybridized carbons (Fsp3) is 0. The van der Waals surface area contributed by atoms with Crippen LogP contribution in [0.4, 0.5) is 0 Å². The molecule has 0 aliphatic heterocycles. The zero-order valence-corrected chi connectivity index (χ0v) is 8.83. The first kappa shape index (κ1) is 11.0. The molecule has 1 aromatic heterocycles. The number of phenols is 1. The van der Waals surface area contributed by atoms with Gasteiger partial charge in [0.15, 0.2) is 0 Å². The third-order valence-electron chi connectivity index (χ3n) is 2.26. The van der Waals surface area contributed by atoms with E-state index in [9.17, 15) is 15.0 Å². The molecule has 0 atom stereocenters. The summed E-state index contributed by atoms with van der Waals surface area (Å²) in [5.74, 6) is -0.0588. The van der Waals surface area contributed by atoms with Crippen LogP contribution < -0.4 is 5.63 Å². The normalized spacial score (nSPS) is 10.8. The number of rotatable bonds is 2. The van der Waals surface area contributed by atoms with Crippen molar-refractivity contribution in [2.45, 2.75) is 0 Å². The highest BCUT2D eigenvalue weighted by Crippen LogP contribution is 2.20. The van der Waals surface area contributed by atoms with Gasteiger partial charge in [-0.25, -0.2) is 4.79 Å². The fourth-order valence-corrected chi connectivity index (χ4v) is 1.37. The topological polar surface area (TPSA) is 70.7 Å². The molecule has 1 heterocycles. The van der Waals surface area contributed by atoms with Gasteiger partial charge in [-0.1, -0.05) is 24.3 Å². The summed E-state index contributed by atoms with van der Waals surface area (Å²) < 4.78 is 4.63. The van der Waals surface area contributed by atoms with Crippen molar-refractivity contribution in [1.82, 2.24) is 0 Å². The quantitative estimate of drug-likeness (QED) is 0.829. The van der Waals surface area contributed by atoms with Crippen molar-refractivity contribution in [1.29, 1.82) is 0 Å². The first-order valence-corrected chi connectivity index (χ1v) is 4.95. The molecule has 0 aliphatic carbocycles. The third kappa shape index (κ3) is 2.36. The molecule has 0 spiro atoms. The van der Waals surface area contributed by atoms with Gasteiger partial charge in [-0.15, -0.1) is 0 Å². The maximum Gasteiger partial charge on any atom is 0.346 e. The summed E-state index contributed by atoms with van der Waals surface area (Å²) in [5.41, 5.74) is -0.0254. The number of phenolic OH excluding ortho intramolecular Hbond substituents is 1. The van der Waals surface area contributed by atoms with E-state index < -0.39 is 5.63 Å². The molecule has 4 nitrogen and oxygen atoms in total. The lowest BCUT2D eigenvalue weighted by molar-refractivity contribution is 0.445. The van der Waals surface area contributed by atoms with Crippen molar-refractivity contribution in [2.24, 2.45) is 0 Å². The van der Waals surface area contributed by atoms with Crippen molar-refractivity contribution in [3.8, 4) is 11.5 Å². The Balaban J connectivity index is 2.40. The van der Waals surface area contributed by atoms with E-state index in [4.69, 9.17) is 0 Å². The maximum atomic E-state index is 11.3. The molecule has 0 fully saturated rings. The van der Waals surface area contributed by atoms with Crippen LogP contribution in [0, 0.1) is 0 Å². The molecule has 2 aromatic rings. The average molecular weight is 230 g/mol. The van der Waals surface area contributed by atoms with E-state index in [1.807, 2.05) is 0 Å². The Morgan fingerprint density at radius 3 is 2.47 bits per heavy atom. The van der Waals surface area contributed by atoms with Gasteiger partial charge in [-0.2, -0.15) is 0 Å². The number of para-hydroxylation sites is 1. The molecule has 0 aliphatic rings. The minimum absolute atomic E-state index is 0.0516. The van der Waals surface area contributed by atoms with Crippen LogP contribution in [0.1, 0.15) is 11.1 Å². The Morgan fingerprint density at radius 2 is 1.76 bits per heavy atom. The van der Waals surface area contributed by atoms with Crippen molar-refractivity contribution < 1.29 is 14.6 Å². The molecule has 1 aromatic carbocycles. The molecule has 86 valence electrons. The number of benzene rings is 1. The Labute approximate surface area is 97.1 Å². The molecule has 0 radical (unpaired) electrons. The highest BCUT2D eigenvalue weighted by atomic mass is 16.4. The molecule has 0 amide bonds. The summed E-state index contributed by atoms with van der Waals surface area (Å²) in [6, 6.07) is 7.96. The summed E-state index contributed by atoms with van der Waals surface area (Å²) >= 11 is 0. The van der Waals surface area contributed by atoms with E-state index >= 15 is 0 Å². The van der Waals surface area contributed by atoms with Crippen LogP contribution in [0.3, 0.4) is 0 Å². The minimum Gasteiger partial charge on any atom is -0.507 e. The molecular formula is C13H10O4. The predicted molar refractivity (Wildman–Crippen MR) is 63.7 cm³/mol. The summed E-state index contributed by atoms with van der Waals surface area (Å²) in [6.45, 7) is 0. The second-order valence-corrected chi connectivity index (χ2v) is 3.40. The molecule has 0 saturated heterocycles. The predicted octanol–water partition coefficient (Wildman–Crippen LogP) is 2.22. The summed E-state index contributed by atoms with van der Waals surface area (Å²) in [6.07, 6.45) is 4.05. The first-order chi connectivity index (χ1) is 8.18. The van der Waals surface area contributed by atoms with Crippen molar-refractivity contribution >= 4 is 12.2 Å². The molecule has 0 saturated carbocycles. The second kappa shape index (κ2) is 4.57. The Bertz CT molecular complexity index is 611. The van der Waals surface area contributed by atoms with E-state index in [0.717, 1.165) is 6.26 Å². The molecule has 2 N–H and O–H groups in total. The smallest absolute Gasteiger partial charge is 0.346 e. The van der Waals surface area contributed by atoms with Gasteiger partial charge in [-0.05, 0) is 12.1 Å². The Kier molecular flexibility index (Phi) is 2.96. The average Bonchev–Trinajstić information content (AvgIpc) is 2.30. The van der Waals surface area contributed by atoms with Crippen LogP contribution in [0.2, 0.25) is 0 Å². The second-order valence-electron chi connectivity index (χ2n) is 3.40. The van der Waals surface area contributed by atoms with Crippen LogP contribution in [-0.4, -0.2) is 10.2 Å². The third-order valence-corrected chi connectivity index (χ3v) is 2.26. The first-order valence-electron chi connectivity index (χ1n) is 4.95. The van der Waals surface area contributed by atoms with Gasteiger partial charge >= 0.3 is 5.63 Å². The summed E-state index contributed by atoms with van der Waals surface area (Å²) in [5, 5.41) is 19.0. The summed E-state index contributed by atoms with van der Waals surface area (Å²) in [4.78, 5) is 11.3. The highest BCUT2D eigenvalue weighted by Gasteiger charge is 2.03. The number of aromatic hydroxyl groups is 2. The zero-order chi connectivity index (χ0) is 12.3. The van der Waals surface area contributed by atoms with Crippen LogP contribution in [0.25, 0.3) is 12.2 Å². The van der Waals surface area contributed by atoms with Crippen LogP contribution in [-0.2, 0) is 0 Å². The molecule has 2 rings (SSSR count). The van der Waals surface area contributed by atoms with Crippen LogP contribution in [0.5, 0.6) is 11.5 Å². The zero-order valence-electron chi connectivity index (χ0n) is 8.83. The lowest BCUT2D eigenvalue weighted by Gasteiger charge is -1.98. The van der Waals surface area contributed by atoms with Gasteiger partial charge in [0.25, 0.3) is 0 Å².